The number of nitrogens with zero attached hydrogens (tertiary/aromatic N) is 3. The van der Waals surface area contributed by atoms with Crippen molar-refractivity contribution in [3.8, 4) is 5.75 Å². The molecule has 0 unspecified atom stereocenters. The number of carbonyl (C=O) groups excluding carboxylic acids is 1. The molecule has 4 rings (SSSR count). The predicted molar refractivity (Wildman–Crippen MR) is 123 cm³/mol. The first kappa shape index (κ1) is 21.2. The van der Waals surface area contributed by atoms with Gasteiger partial charge < -0.3 is 15.5 Å². The number of fused-ring (bicyclic) bond motifs is 1. The highest BCUT2D eigenvalue weighted by molar-refractivity contribution is 8.00. The summed E-state index contributed by atoms with van der Waals surface area (Å²) in [5, 5.41) is 11.9. The SMILES string of the molecule is CCOc1ccc([C@H]2Nn3c(CC)nnc3S[C@@H]2C(=O)Nc2ccc(C)cc2C)cc1. The minimum absolute atomic E-state index is 0.0735. The Labute approximate surface area is 186 Å². The zero-order chi connectivity index (χ0) is 22.0. The number of ether oxygens (including phenoxy) is 1. The molecule has 0 bridgehead atoms. The molecule has 0 saturated heterocycles. The summed E-state index contributed by atoms with van der Waals surface area (Å²) in [4.78, 5) is 13.4. The second-order valence-corrected chi connectivity index (χ2v) is 8.65. The standard InChI is InChI=1S/C23H27N5O2S/c1-5-19-25-26-23-28(19)27-20(16-8-10-17(11-9-16)30-6-2)21(31-23)22(29)24-18-12-7-14(3)13-15(18)4/h7-13,20-21,27H,5-6H2,1-4H3,(H,24,29)/t20-,21+/m1/s1. The van der Waals surface area contributed by atoms with Crippen LogP contribution in [0.2, 0.25) is 0 Å². The van der Waals surface area contributed by atoms with E-state index in [0.29, 0.717) is 11.8 Å². The van der Waals surface area contributed by atoms with Crippen LogP contribution in [0.4, 0.5) is 5.69 Å². The molecule has 1 amide bonds. The molecule has 31 heavy (non-hydrogen) atoms. The zero-order valence-electron chi connectivity index (χ0n) is 18.2. The van der Waals surface area contributed by atoms with Crippen molar-refractivity contribution in [3.63, 3.8) is 0 Å². The van der Waals surface area contributed by atoms with Crippen LogP contribution in [-0.2, 0) is 11.2 Å². The molecule has 1 aliphatic heterocycles. The van der Waals surface area contributed by atoms with Crippen LogP contribution in [0.25, 0.3) is 0 Å². The summed E-state index contributed by atoms with van der Waals surface area (Å²) in [6.45, 7) is 8.65. The van der Waals surface area contributed by atoms with E-state index in [9.17, 15) is 4.79 Å². The Hall–Kier alpha value is -3.00. The highest BCUT2D eigenvalue weighted by atomic mass is 32.2. The summed E-state index contributed by atoms with van der Waals surface area (Å²) < 4.78 is 7.47. The average molecular weight is 438 g/mol. The third-order valence-electron chi connectivity index (χ3n) is 5.27. The van der Waals surface area contributed by atoms with Gasteiger partial charge in [0, 0.05) is 12.1 Å². The monoisotopic (exact) mass is 437 g/mol. The van der Waals surface area contributed by atoms with Gasteiger partial charge in [-0.1, -0.05) is 48.5 Å². The summed E-state index contributed by atoms with van der Waals surface area (Å²) in [6, 6.07) is 13.6. The Balaban J connectivity index is 1.65. The third kappa shape index (κ3) is 4.39. The number of anilines is 1. The molecule has 1 aliphatic rings. The Morgan fingerprint density at radius 3 is 2.61 bits per heavy atom. The molecule has 1 aromatic heterocycles. The number of hydrogen-bond donors (Lipinski definition) is 2. The van der Waals surface area contributed by atoms with Crippen molar-refractivity contribution in [1.29, 1.82) is 0 Å². The van der Waals surface area contributed by atoms with Crippen molar-refractivity contribution in [1.82, 2.24) is 14.9 Å². The Morgan fingerprint density at radius 1 is 1.16 bits per heavy atom. The van der Waals surface area contributed by atoms with Gasteiger partial charge in [-0.15, -0.1) is 10.2 Å². The molecule has 3 aromatic rings. The van der Waals surface area contributed by atoms with E-state index in [1.165, 1.54) is 11.8 Å². The van der Waals surface area contributed by atoms with E-state index in [4.69, 9.17) is 4.74 Å². The highest BCUT2D eigenvalue weighted by Gasteiger charge is 2.37. The van der Waals surface area contributed by atoms with E-state index in [1.807, 2.05) is 68.8 Å². The van der Waals surface area contributed by atoms with Gasteiger partial charge in [0.2, 0.25) is 11.1 Å². The van der Waals surface area contributed by atoms with Crippen LogP contribution in [0.5, 0.6) is 5.75 Å². The molecular weight excluding hydrogens is 410 g/mol. The van der Waals surface area contributed by atoms with E-state index in [1.54, 1.807) is 0 Å². The van der Waals surface area contributed by atoms with Crippen molar-refractivity contribution in [2.24, 2.45) is 0 Å². The number of amides is 1. The summed E-state index contributed by atoms with van der Waals surface area (Å²) in [5.41, 5.74) is 7.50. The fraction of sp³-hybridized carbons (Fsp3) is 0.348. The molecule has 2 heterocycles. The number of aromatic nitrogens is 3. The average Bonchev–Trinajstić information content (AvgIpc) is 3.17. The smallest absolute Gasteiger partial charge is 0.240 e. The molecule has 2 atom stereocenters. The first-order valence-electron chi connectivity index (χ1n) is 10.5. The van der Waals surface area contributed by atoms with Gasteiger partial charge in [0.15, 0.2) is 5.82 Å². The number of carbonyl (C=O) groups is 1. The molecule has 7 nitrogen and oxygen atoms in total. The molecule has 0 aliphatic carbocycles. The van der Waals surface area contributed by atoms with Gasteiger partial charge in [0.05, 0.1) is 12.6 Å². The Kier molecular flexibility index (Phi) is 6.18. The largest absolute Gasteiger partial charge is 0.494 e. The van der Waals surface area contributed by atoms with Crippen LogP contribution >= 0.6 is 11.8 Å². The lowest BCUT2D eigenvalue weighted by atomic mass is 10.0. The number of benzene rings is 2. The molecule has 0 saturated carbocycles. The number of nitrogens with one attached hydrogen (secondary N) is 2. The molecule has 0 fully saturated rings. The molecule has 162 valence electrons. The lowest BCUT2D eigenvalue weighted by Crippen LogP contribution is -2.41. The quantitative estimate of drug-likeness (QED) is 0.600. The predicted octanol–water partition coefficient (Wildman–Crippen LogP) is 4.25. The summed E-state index contributed by atoms with van der Waals surface area (Å²) in [7, 11) is 0. The first-order chi connectivity index (χ1) is 15.0. The number of rotatable bonds is 6. The molecule has 0 spiro atoms. The van der Waals surface area contributed by atoms with Crippen molar-refractivity contribution in [2.75, 3.05) is 17.3 Å². The van der Waals surface area contributed by atoms with Gasteiger partial charge in [-0.25, -0.2) is 4.68 Å². The van der Waals surface area contributed by atoms with E-state index in [0.717, 1.165) is 40.4 Å². The van der Waals surface area contributed by atoms with Crippen molar-refractivity contribution >= 4 is 23.4 Å². The Morgan fingerprint density at radius 2 is 1.94 bits per heavy atom. The maximum absolute atomic E-state index is 13.4. The van der Waals surface area contributed by atoms with Crippen molar-refractivity contribution in [2.45, 2.75) is 50.6 Å². The van der Waals surface area contributed by atoms with Crippen LogP contribution in [0.1, 0.15) is 42.4 Å². The van der Waals surface area contributed by atoms with E-state index in [2.05, 4.69) is 27.0 Å². The maximum atomic E-state index is 13.4. The molecule has 0 radical (unpaired) electrons. The summed E-state index contributed by atoms with van der Waals surface area (Å²) in [6.07, 6.45) is 0.746. The normalized spacial score (nSPS) is 17.5. The summed E-state index contributed by atoms with van der Waals surface area (Å²) in [5.74, 6) is 1.58. The highest BCUT2D eigenvalue weighted by Crippen LogP contribution is 2.38. The number of thioether (sulfide) groups is 1. The lowest BCUT2D eigenvalue weighted by molar-refractivity contribution is -0.116. The molecular formula is C23H27N5O2S. The van der Waals surface area contributed by atoms with Crippen LogP contribution in [0.3, 0.4) is 0 Å². The van der Waals surface area contributed by atoms with Gasteiger partial charge in [0.1, 0.15) is 11.0 Å². The van der Waals surface area contributed by atoms with Crippen molar-refractivity contribution < 1.29 is 9.53 Å². The van der Waals surface area contributed by atoms with Crippen molar-refractivity contribution in [3.05, 3.63) is 65.0 Å². The molecule has 8 heteroatoms. The summed E-state index contributed by atoms with van der Waals surface area (Å²) >= 11 is 1.43. The van der Waals surface area contributed by atoms with Gasteiger partial charge in [-0.3, -0.25) is 4.79 Å². The van der Waals surface area contributed by atoms with E-state index < -0.39 is 5.25 Å². The zero-order valence-corrected chi connectivity index (χ0v) is 19.0. The number of aryl methyl sites for hydroxylation is 3. The second-order valence-electron chi connectivity index (χ2n) is 7.54. The second kappa shape index (κ2) is 9.01. The fourth-order valence-electron chi connectivity index (χ4n) is 3.67. The van der Waals surface area contributed by atoms with E-state index >= 15 is 0 Å². The van der Waals surface area contributed by atoms with Crippen LogP contribution in [0, 0.1) is 13.8 Å². The Bertz CT molecular complexity index is 1080. The van der Waals surface area contributed by atoms with Crippen LogP contribution < -0.4 is 15.5 Å². The van der Waals surface area contributed by atoms with Gasteiger partial charge >= 0.3 is 0 Å². The van der Waals surface area contributed by atoms with Gasteiger partial charge in [0.25, 0.3) is 0 Å². The van der Waals surface area contributed by atoms with Crippen LogP contribution in [0.15, 0.2) is 47.6 Å². The van der Waals surface area contributed by atoms with Gasteiger partial charge in [-0.05, 0) is 50.1 Å². The minimum atomic E-state index is -0.417. The third-order valence-corrected chi connectivity index (χ3v) is 6.48. The number of hydrogen-bond acceptors (Lipinski definition) is 6. The molecule has 2 aromatic carbocycles. The maximum Gasteiger partial charge on any atom is 0.240 e. The fourth-order valence-corrected chi connectivity index (χ4v) is 4.77. The first-order valence-corrected chi connectivity index (χ1v) is 11.4. The topological polar surface area (TPSA) is 81.1 Å². The molecule has 2 N–H and O–H groups in total. The van der Waals surface area contributed by atoms with E-state index in [-0.39, 0.29) is 11.9 Å². The van der Waals surface area contributed by atoms with Gasteiger partial charge in [-0.2, -0.15) is 0 Å². The van der Waals surface area contributed by atoms with Crippen LogP contribution in [-0.4, -0.2) is 32.6 Å². The lowest BCUT2D eigenvalue weighted by Gasteiger charge is -2.33. The minimum Gasteiger partial charge on any atom is -0.494 e.